The molecular weight excluding hydrogens is 940 g/mol. The number of ether oxygens (including phenoxy) is 1. The van der Waals surface area contributed by atoms with Crippen LogP contribution in [0.2, 0.25) is 0 Å². The number of quaternary nitrogens is 1. The van der Waals surface area contributed by atoms with E-state index < -0.39 is 26.6 Å². The van der Waals surface area contributed by atoms with E-state index in [2.05, 4.69) is 111 Å². The maximum atomic E-state index is 13.5. The fourth-order valence-corrected chi connectivity index (χ4v) is 8.77. The van der Waals surface area contributed by atoms with Crippen molar-refractivity contribution >= 4 is 19.7 Å². The molecule has 0 aromatic heterocycles. The fraction of sp³-hybridized carbons (Fsp3) is 0.719. The van der Waals surface area contributed by atoms with Crippen LogP contribution in [0, 0.1) is 0 Å². The van der Waals surface area contributed by atoms with Gasteiger partial charge in [0.2, 0.25) is 5.91 Å². The van der Waals surface area contributed by atoms with Gasteiger partial charge in [0.05, 0.1) is 33.8 Å². The third kappa shape index (κ3) is 53.7. The minimum Gasteiger partial charge on any atom is -0.756 e. The van der Waals surface area contributed by atoms with Gasteiger partial charge in [-0.3, -0.25) is 14.2 Å². The number of nitrogens with zero attached hydrogens (tertiary/aromatic N) is 1. The number of unbranched alkanes of at least 4 members (excludes halogenated alkanes) is 23. The molecule has 9 nitrogen and oxygen atoms in total. The van der Waals surface area contributed by atoms with E-state index in [1.54, 1.807) is 0 Å². The number of nitrogens with one attached hydrogen (secondary N) is 1. The highest BCUT2D eigenvalue weighted by molar-refractivity contribution is 7.45. The average molecular weight is 1050 g/mol. The van der Waals surface area contributed by atoms with Crippen LogP contribution in [0.3, 0.4) is 0 Å². The molecule has 0 aromatic rings. The summed E-state index contributed by atoms with van der Waals surface area (Å²) in [5, 5.41) is 2.99. The molecule has 1 N–H and O–H groups in total. The van der Waals surface area contributed by atoms with Gasteiger partial charge in [-0.15, -0.1) is 0 Å². The summed E-state index contributed by atoms with van der Waals surface area (Å²) >= 11 is 0. The summed E-state index contributed by atoms with van der Waals surface area (Å²) < 4.78 is 30.2. The smallest absolute Gasteiger partial charge is 0.306 e. The number of carbonyl (C=O) groups is 2. The summed E-state index contributed by atoms with van der Waals surface area (Å²) in [5.74, 6) is -0.626. The number of hydrogen-bond acceptors (Lipinski definition) is 7. The molecule has 0 saturated heterocycles. The highest BCUT2D eigenvalue weighted by Crippen LogP contribution is 2.38. The molecule has 0 aromatic carbocycles. The topological polar surface area (TPSA) is 114 Å². The Kier molecular flexibility index (Phi) is 51.1. The van der Waals surface area contributed by atoms with Crippen LogP contribution in [0.25, 0.3) is 0 Å². The molecule has 0 heterocycles. The van der Waals surface area contributed by atoms with Gasteiger partial charge >= 0.3 is 5.97 Å². The second kappa shape index (κ2) is 53.3. The number of carbonyl (C=O) groups excluding carboxylic acids is 2. The number of hydrogen-bond donors (Lipinski definition) is 1. The molecule has 10 heteroatoms. The number of phosphoric ester groups is 1. The molecule has 3 atom stereocenters. The van der Waals surface area contributed by atoms with Gasteiger partial charge in [0.1, 0.15) is 19.3 Å². The first-order valence-electron chi connectivity index (χ1n) is 30.0. The van der Waals surface area contributed by atoms with Gasteiger partial charge in [0.15, 0.2) is 0 Å². The zero-order valence-corrected chi connectivity index (χ0v) is 49.4. The summed E-state index contributed by atoms with van der Waals surface area (Å²) in [4.78, 5) is 39.9. The Hall–Kier alpha value is -3.07. The number of allylic oxidation sites excluding steroid dienone is 15. The first kappa shape index (κ1) is 70.9. The Bertz CT molecular complexity index is 1590. The zero-order valence-electron chi connectivity index (χ0n) is 48.5. The summed E-state index contributed by atoms with van der Waals surface area (Å²) in [6, 6.07) is -0.927. The normalized spacial score (nSPS) is 14.4. The lowest BCUT2D eigenvalue weighted by Gasteiger charge is -2.30. The first-order valence-corrected chi connectivity index (χ1v) is 31.5. The molecule has 0 rings (SSSR count). The van der Waals surface area contributed by atoms with Crippen molar-refractivity contribution in [3.05, 3.63) is 97.2 Å². The lowest BCUT2D eigenvalue weighted by atomic mass is 10.1. The van der Waals surface area contributed by atoms with Gasteiger partial charge in [-0.2, -0.15) is 0 Å². The summed E-state index contributed by atoms with van der Waals surface area (Å²) in [7, 11) is 1.13. The monoisotopic (exact) mass is 1050 g/mol. The molecule has 0 aliphatic carbocycles. The quantitative estimate of drug-likeness (QED) is 0.0212. The van der Waals surface area contributed by atoms with E-state index in [0.29, 0.717) is 23.9 Å². The zero-order chi connectivity index (χ0) is 54.3. The van der Waals surface area contributed by atoms with E-state index in [1.807, 2.05) is 33.3 Å². The highest BCUT2D eigenvalue weighted by Gasteiger charge is 2.27. The first-order chi connectivity index (χ1) is 35.9. The van der Waals surface area contributed by atoms with Crippen LogP contribution < -0.4 is 10.2 Å². The molecule has 3 unspecified atom stereocenters. The highest BCUT2D eigenvalue weighted by atomic mass is 31.2. The van der Waals surface area contributed by atoms with Crippen molar-refractivity contribution < 1.29 is 37.3 Å². The lowest BCUT2D eigenvalue weighted by Crippen LogP contribution is -2.47. The molecule has 1 amide bonds. The van der Waals surface area contributed by atoms with Crippen molar-refractivity contribution in [1.82, 2.24) is 5.32 Å². The van der Waals surface area contributed by atoms with Crippen molar-refractivity contribution in [2.75, 3.05) is 40.9 Å². The maximum Gasteiger partial charge on any atom is 0.306 e. The molecule has 0 spiro atoms. The molecule has 0 bridgehead atoms. The molecule has 0 radical (unpaired) electrons. The predicted octanol–water partition coefficient (Wildman–Crippen LogP) is 17.8. The van der Waals surface area contributed by atoms with Crippen molar-refractivity contribution in [2.45, 2.75) is 258 Å². The van der Waals surface area contributed by atoms with Crippen LogP contribution in [0.4, 0.5) is 0 Å². The Morgan fingerprint density at radius 1 is 0.473 bits per heavy atom. The number of likely N-dealkylation sites (N-methyl/N-ethyl adjacent to an activating group) is 1. The summed E-state index contributed by atoms with van der Waals surface area (Å²) in [6.45, 7) is 6.72. The second-order valence-electron chi connectivity index (χ2n) is 21.1. The SMILES string of the molecule is CCCCC/C=C\C/C=C\C/C=C\C/C=C\CCCC(=O)NC(COP(=O)([O-])OCC[N+](C)(C)C)C(/C=C/CCCCCCCCCCCC)OC(=O)CCCCCCCC/C=C\C/C=C\C/C=C\CCCCC. The van der Waals surface area contributed by atoms with Gasteiger partial charge in [-0.25, -0.2) is 0 Å². The third-order valence-corrected chi connectivity index (χ3v) is 13.7. The van der Waals surface area contributed by atoms with E-state index in [1.165, 1.54) is 103 Å². The minimum absolute atomic E-state index is 0.0391. The second-order valence-corrected chi connectivity index (χ2v) is 22.6. The van der Waals surface area contributed by atoms with Crippen molar-refractivity contribution in [3.8, 4) is 0 Å². The predicted molar refractivity (Wildman–Crippen MR) is 316 cm³/mol. The van der Waals surface area contributed by atoms with E-state index in [-0.39, 0.29) is 31.3 Å². The van der Waals surface area contributed by atoms with Gasteiger partial charge < -0.3 is 28.5 Å². The molecule has 0 aliphatic heterocycles. The van der Waals surface area contributed by atoms with Crippen LogP contribution in [0.15, 0.2) is 97.2 Å². The van der Waals surface area contributed by atoms with E-state index >= 15 is 0 Å². The van der Waals surface area contributed by atoms with Gasteiger partial charge in [0, 0.05) is 12.8 Å². The standard InChI is InChI=1S/C64H113N2O7P/c1-7-10-13-16-19-22-25-28-30-32-33-35-37-39-42-45-48-51-54-57-64(68)73-62(55-52-49-46-43-40-27-24-21-18-15-12-9-3)61(60-72-74(69,70)71-59-58-66(4,5)6)65-63(67)56-53-50-47-44-41-38-36-34-31-29-26-23-20-17-14-11-8-2/h19-20,22-23,28-31,33,35-36,38,44,47,52,55,61-62H,7-18,21,24-27,32,34,37,39-43,45-46,48-51,53-54,56-60H2,1-6H3,(H-,65,67,69,70)/b22-19-,23-20-,30-28-,31-29-,35-33-,38-36-,47-44-,55-52+. The maximum absolute atomic E-state index is 13.5. The van der Waals surface area contributed by atoms with E-state index in [0.717, 1.165) is 96.3 Å². The van der Waals surface area contributed by atoms with E-state index in [9.17, 15) is 19.0 Å². The van der Waals surface area contributed by atoms with Crippen molar-refractivity contribution in [2.24, 2.45) is 0 Å². The molecule has 426 valence electrons. The van der Waals surface area contributed by atoms with Gasteiger partial charge in [-0.05, 0) is 109 Å². The number of phosphoric acid groups is 1. The largest absolute Gasteiger partial charge is 0.756 e. The van der Waals surface area contributed by atoms with Crippen LogP contribution in [-0.2, 0) is 27.9 Å². The minimum atomic E-state index is -4.72. The van der Waals surface area contributed by atoms with E-state index in [4.69, 9.17) is 13.8 Å². The molecule has 0 aliphatic rings. The Balaban J connectivity index is 5.42. The average Bonchev–Trinajstić information content (AvgIpc) is 3.36. The number of amides is 1. The summed E-state index contributed by atoms with van der Waals surface area (Å²) in [6.07, 6.45) is 70.9. The fourth-order valence-electron chi connectivity index (χ4n) is 8.05. The van der Waals surface area contributed by atoms with Crippen LogP contribution in [0.5, 0.6) is 0 Å². The molecule has 74 heavy (non-hydrogen) atoms. The Morgan fingerprint density at radius 3 is 1.28 bits per heavy atom. The third-order valence-electron chi connectivity index (χ3n) is 12.7. The van der Waals surface area contributed by atoms with Crippen LogP contribution in [0.1, 0.15) is 245 Å². The van der Waals surface area contributed by atoms with Gasteiger partial charge in [0.25, 0.3) is 7.82 Å². The van der Waals surface area contributed by atoms with Crippen LogP contribution in [-0.4, -0.2) is 69.4 Å². The Labute approximate surface area is 456 Å². The number of esters is 1. The summed E-state index contributed by atoms with van der Waals surface area (Å²) in [5.41, 5.74) is 0. The lowest BCUT2D eigenvalue weighted by molar-refractivity contribution is -0.870. The number of rotatable bonds is 53. The van der Waals surface area contributed by atoms with Gasteiger partial charge in [-0.1, -0.05) is 221 Å². The van der Waals surface area contributed by atoms with Crippen molar-refractivity contribution in [3.63, 3.8) is 0 Å². The molecule has 0 fully saturated rings. The molecular formula is C64H113N2O7P. The Morgan fingerprint density at radius 2 is 0.838 bits per heavy atom. The van der Waals surface area contributed by atoms with Crippen molar-refractivity contribution in [1.29, 1.82) is 0 Å². The van der Waals surface area contributed by atoms with Crippen LogP contribution >= 0.6 is 7.82 Å². The molecule has 0 saturated carbocycles.